The molecule has 4 aromatic rings. The SMILES string of the molecule is CCCCN1[C@H]2CCn3c(nc4cc(C(=O)O)ccc43)[C@H]2[C@H](c2cccc(Cl)c2F)[C@]12C(=O)Nc1cc(Cl)ccc12. The number of nitrogens with one attached hydrogen (secondary N) is 1. The van der Waals surface area contributed by atoms with Crippen molar-refractivity contribution in [1.82, 2.24) is 14.5 Å². The first-order valence-corrected chi connectivity index (χ1v) is 14.6. The molecule has 3 aliphatic rings. The standard InChI is InChI=1S/C31H27Cl2FN4O3/c1-2-3-12-38-24-11-13-37-23-10-7-16(29(39)40)14-22(23)35-28(37)25(24)26(18-5-4-6-20(33)27(18)34)31(38)19-9-8-17(32)15-21(19)36-30(31)41/h4-10,14-15,24-26H,2-3,11-13H2,1H3,(H,36,41)(H,39,40)/t24-,25+,26-,31+/m0/s1. The number of hydrogen-bond donors (Lipinski definition) is 2. The molecular weight excluding hydrogens is 566 g/mol. The third-order valence-corrected chi connectivity index (χ3v) is 9.63. The first-order valence-electron chi connectivity index (χ1n) is 13.8. The van der Waals surface area contributed by atoms with Gasteiger partial charge in [-0.25, -0.2) is 14.2 Å². The Kier molecular flexibility index (Phi) is 6.15. The van der Waals surface area contributed by atoms with Crippen LogP contribution in [0, 0.1) is 5.82 Å². The normalized spacial score (nSPS) is 24.9. The molecule has 7 rings (SSSR count). The third kappa shape index (κ3) is 3.63. The number of fused-ring (bicyclic) bond motifs is 7. The van der Waals surface area contributed by atoms with E-state index in [1.165, 1.54) is 6.07 Å². The van der Waals surface area contributed by atoms with Crippen LogP contribution in [0.1, 0.15) is 65.3 Å². The van der Waals surface area contributed by atoms with Crippen LogP contribution in [0.2, 0.25) is 10.0 Å². The van der Waals surface area contributed by atoms with E-state index in [-0.39, 0.29) is 28.5 Å². The molecule has 0 aliphatic carbocycles. The molecule has 0 bridgehead atoms. The summed E-state index contributed by atoms with van der Waals surface area (Å²) in [5.41, 5.74) is 2.04. The Bertz CT molecular complexity index is 1760. The molecule has 1 amide bonds. The lowest BCUT2D eigenvalue weighted by Crippen LogP contribution is -2.52. The first kappa shape index (κ1) is 26.4. The highest BCUT2D eigenvalue weighted by atomic mass is 35.5. The minimum absolute atomic E-state index is 0.00800. The molecule has 3 aromatic carbocycles. The van der Waals surface area contributed by atoms with Gasteiger partial charge in [-0.2, -0.15) is 0 Å². The van der Waals surface area contributed by atoms with E-state index in [1.807, 2.05) is 6.07 Å². The number of aromatic nitrogens is 2. The molecule has 2 N–H and O–H groups in total. The zero-order valence-corrected chi connectivity index (χ0v) is 23.7. The van der Waals surface area contributed by atoms with Gasteiger partial charge in [-0.3, -0.25) is 9.69 Å². The maximum absolute atomic E-state index is 16.1. The number of hydrogen-bond acceptors (Lipinski definition) is 4. The lowest BCUT2D eigenvalue weighted by molar-refractivity contribution is -0.128. The second-order valence-electron chi connectivity index (χ2n) is 11.1. The van der Waals surface area contributed by atoms with E-state index >= 15 is 4.39 Å². The highest BCUT2D eigenvalue weighted by Gasteiger charge is 2.68. The second-order valence-corrected chi connectivity index (χ2v) is 11.9. The number of carbonyl (C=O) groups is 2. The van der Waals surface area contributed by atoms with Crippen LogP contribution in [-0.4, -0.2) is 44.0 Å². The Balaban J connectivity index is 1.54. The smallest absolute Gasteiger partial charge is 0.335 e. The predicted octanol–water partition coefficient (Wildman–Crippen LogP) is 6.78. The molecule has 0 unspecified atom stereocenters. The van der Waals surface area contributed by atoms with Crippen molar-refractivity contribution in [2.75, 3.05) is 11.9 Å². The van der Waals surface area contributed by atoms with Gasteiger partial charge in [-0.05, 0) is 61.3 Å². The molecule has 0 saturated carbocycles. The van der Waals surface area contributed by atoms with E-state index in [4.69, 9.17) is 28.2 Å². The van der Waals surface area contributed by atoms with Crippen molar-refractivity contribution in [2.45, 2.75) is 56.1 Å². The lowest BCUT2D eigenvalue weighted by atomic mass is 9.70. The Labute approximate surface area is 245 Å². The summed E-state index contributed by atoms with van der Waals surface area (Å²) in [5.74, 6) is -2.12. The number of aryl methyl sites for hydroxylation is 1. The lowest BCUT2D eigenvalue weighted by Gasteiger charge is -2.40. The average molecular weight is 593 g/mol. The number of aromatic carboxylic acids is 1. The summed E-state index contributed by atoms with van der Waals surface area (Å²) < 4.78 is 18.2. The number of amides is 1. The van der Waals surface area contributed by atoms with Gasteiger partial charge in [-0.1, -0.05) is 54.7 Å². The molecule has 1 saturated heterocycles. The number of rotatable bonds is 5. The summed E-state index contributed by atoms with van der Waals surface area (Å²) in [6.07, 6.45) is 2.49. The van der Waals surface area contributed by atoms with Crippen LogP contribution in [0.4, 0.5) is 10.1 Å². The van der Waals surface area contributed by atoms with Crippen LogP contribution < -0.4 is 5.32 Å². The molecule has 41 heavy (non-hydrogen) atoms. The minimum Gasteiger partial charge on any atom is -0.478 e. The topological polar surface area (TPSA) is 87.5 Å². The summed E-state index contributed by atoms with van der Waals surface area (Å²) in [6.45, 7) is 3.38. The number of nitrogens with zero attached hydrogens (tertiary/aromatic N) is 3. The Morgan fingerprint density at radius 2 is 2.02 bits per heavy atom. The molecule has 10 heteroatoms. The van der Waals surface area contributed by atoms with Crippen LogP contribution in [0.15, 0.2) is 54.6 Å². The molecule has 1 fully saturated rings. The van der Waals surface area contributed by atoms with Gasteiger partial charge in [0.1, 0.15) is 17.2 Å². The predicted molar refractivity (Wildman–Crippen MR) is 155 cm³/mol. The summed E-state index contributed by atoms with van der Waals surface area (Å²) in [5, 5.41) is 13.2. The molecule has 3 aliphatic heterocycles. The zero-order chi connectivity index (χ0) is 28.6. The fraction of sp³-hybridized carbons (Fsp3) is 0.323. The quantitative estimate of drug-likeness (QED) is 0.266. The molecule has 4 heterocycles. The van der Waals surface area contributed by atoms with E-state index in [0.717, 1.165) is 29.7 Å². The number of carboxylic acids is 1. The Hall–Kier alpha value is -3.46. The molecule has 7 nitrogen and oxygen atoms in total. The van der Waals surface area contributed by atoms with Crippen molar-refractivity contribution in [2.24, 2.45) is 0 Å². The van der Waals surface area contributed by atoms with Crippen LogP contribution >= 0.6 is 23.2 Å². The van der Waals surface area contributed by atoms with Gasteiger partial charge in [0, 0.05) is 40.7 Å². The van der Waals surface area contributed by atoms with Gasteiger partial charge in [0.05, 0.1) is 21.6 Å². The number of likely N-dealkylation sites (tertiary alicyclic amines) is 1. The maximum atomic E-state index is 16.1. The largest absolute Gasteiger partial charge is 0.478 e. The van der Waals surface area contributed by atoms with Crippen molar-refractivity contribution in [3.8, 4) is 0 Å². The van der Waals surface area contributed by atoms with E-state index in [1.54, 1.807) is 42.5 Å². The molecule has 0 radical (unpaired) electrons. The molecule has 210 valence electrons. The zero-order valence-electron chi connectivity index (χ0n) is 22.2. The third-order valence-electron chi connectivity index (χ3n) is 9.10. The highest BCUT2D eigenvalue weighted by molar-refractivity contribution is 6.31. The number of imidazole rings is 1. The average Bonchev–Trinajstić information content (AvgIpc) is 3.56. The number of anilines is 1. The van der Waals surface area contributed by atoms with Crippen molar-refractivity contribution >= 4 is 51.8 Å². The van der Waals surface area contributed by atoms with Crippen LogP contribution in [0.25, 0.3) is 11.0 Å². The van der Waals surface area contributed by atoms with Crippen molar-refractivity contribution < 1.29 is 19.1 Å². The van der Waals surface area contributed by atoms with Gasteiger partial charge in [-0.15, -0.1) is 0 Å². The van der Waals surface area contributed by atoms with Crippen LogP contribution in [0.3, 0.4) is 0 Å². The van der Waals surface area contributed by atoms with Gasteiger partial charge >= 0.3 is 5.97 Å². The van der Waals surface area contributed by atoms with Gasteiger partial charge < -0.3 is 15.0 Å². The minimum atomic E-state index is -1.23. The molecular formula is C31H27Cl2FN4O3. The maximum Gasteiger partial charge on any atom is 0.335 e. The molecule has 1 spiro atoms. The number of carbonyl (C=O) groups excluding carboxylic acids is 1. The monoisotopic (exact) mass is 592 g/mol. The fourth-order valence-corrected chi connectivity index (χ4v) is 7.89. The molecule has 4 atom stereocenters. The van der Waals surface area contributed by atoms with Crippen molar-refractivity contribution in [3.05, 3.63) is 93.0 Å². The summed E-state index contributed by atoms with van der Waals surface area (Å²) >= 11 is 12.7. The van der Waals surface area contributed by atoms with E-state index in [2.05, 4.69) is 21.7 Å². The van der Waals surface area contributed by atoms with Gasteiger partial charge in [0.2, 0.25) is 5.91 Å². The summed E-state index contributed by atoms with van der Waals surface area (Å²) in [7, 11) is 0. The number of unbranched alkanes of at least 4 members (excludes halogenated alkanes) is 1. The van der Waals surface area contributed by atoms with E-state index < -0.39 is 23.2 Å². The van der Waals surface area contributed by atoms with Crippen LogP contribution in [-0.2, 0) is 16.9 Å². The first-order chi connectivity index (χ1) is 19.8. The highest BCUT2D eigenvalue weighted by Crippen LogP contribution is 2.64. The van der Waals surface area contributed by atoms with Crippen molar-refractivity contribution in [3.63, 3.8) is 0 Å². The van der Waals surface area contributed by atoms with E-state index in [9.17, 15) is 14.7 Å². The Morgan fingerprint density at radius 3 is 2.80 bits per heavy atom. The summed E-state index contributed by atoms with van der Waals surface area (Å²) in [4.78, 5) is 33.4. The number of benzene rings is 3. The van der Waals surface area contributed by atoms with E-state index in [0.29, 0.717) is 41.3 Å². The van der Waals surface area contributed by atoms with Gasteiger partial charge in [0.15, 0.2) is 0 Å². The van der Waals surface area contributed by atoms with Crippen molar-refractivity contribution in [1.29, 1.82) is 0 Å². The van der Waals surface area contributed by atoms with Gasteiger partial charge in [0.25, 0.3) is 0 Å². The second kappa shape index (κ2) is 9.54. The summed E-state index contributed by atoms with van der Waals surface area (Å²) in [6, 6.07) is 15.2. The number of halogens is 3. The fourth-order valence-electron chi connectivity index (χ4n) is 7.54. The molecule has 1 aromatic heterocycles. The Morgan fingerprint density at radius 1 is 1.20 bits per heavy atom. The van der Waals surface area contributed by atoms with Crippen LogP contribution in [0.5, 0.6) is 0 Å². The number of carboxylic acid groups (broad SMARTS) is 1.